The summed E-state index contributed by atoms with van der Waals surface area (Å²) in [6, 6.07) is 7.96. The predicted octanol–water partition coefficient (Wildman–Crippen LogP) is 2.66. The summed E-state index contributed by atoms with van der Waals surface area (Å²) >= 11 is 0. The number of fused-ring (bicyclic) bond motifs is 3. The van der Waals surface area contributed by atoms with Crippen LogP contribution in [0.5, 0.6) is 0 Å². The van der Waals surface area contributed by atoms with Crippen molar-refractivity contribution in [2.24, 2.45) is 10.8 Å². The third-order valence-electron chi connectivity index (χ3n) is 7.18. The van der Waals surface area contributed by atoms with Gasteiger partial charge in [-0.15, -0.1) is 0 Å². The SMILES string of the molecule is CC1(C)C[C@H]2C[C@@](C)(CN2c2nc3ccccc3n(CC(=O)N3CCOCC3)c2=O)C1. The van der Waals surface area contributed by atoms with Gasteiger partial charge in [-0.3, -0.25) is 14.2 Å². The van der Waals surface area contributed by atoms with Gasteiger partial charge in [-0.2, -0.15) is 0 Å². The number of hydrogen-bond acceptors (Lipinski definition) is 5. The summed E-state index contributed by atoms with van der Waals surface area (Å²) in [7, 11) is 0. The molecule has 7 nitrogen and oxygen atoms in total. The lowest BCUT2D eigenvalue weighted by atomic mass is 9.65. The first-order valence-electron chi connectivity index (χ1n) is 11.4. The van der Waals surface area contributed by atoms with Crippen LogP contribution in [0.1, 0.15) is 40.0 Å². The van der Waals surface area contributed by atoms with E-state index in [2.05, 4.69) is 25.7 Å². The topological polar surface area (TPSA) is 67.7 Å². The first-order chi connectivity index (χ1) is 14.7. The molecule has 3 heterocycles. The predicted molar refractivity (Wildman–Crippen MR) is 120 cm³/mol. The van der Waals surface area contributed by atoms with Crippen LogP contribution in [0.15, 0.2) is 29.1 Å². The van der Waals surface area contributed by atoms with Crippen molar-refractivity contribution < 1.29 is 9.53 Å². The molecule has 2 aromatic rings. The molecule has 166 valence electrons. The highest BCUT2D eigenvalue weighted by Crippen LogP contribution is 2.52. The minimum Gasteiger partial charge on any atom is -0.378 e. The summed E-state index contributed by atoms with van der Waals surface area (Å²) in [6.45, 7) is 10.1. The molecule has 5 rings (SSSR count). The molecule has 2 bridgehead atoms. The quantitative estimate of drug-likeness (QED) is 0.758. The zero-order valence-corrected chi connectivity index (χ0v) is 18.8. The smallest absolute Gasteiger partial charge is 0.294 e. The van der Waals surface area contributed by atoms with Gasteiger partial charge >= 0.3 is 0 Å². The zero-order chi connectivity index (χ0) is 21.8. The number of anilines is 1. The Morgan fingerprint density at radius 1 is 1.16 bits per heavy atom. The Morgan fingerprint density at radius 3 is 2.68 bits per heavy atom. The minimum atomic E-state index is -0.158. The number of carbonyl (C=O) groups is 1. The second-order valence-electron chi connectivity index (χ2n) is 10.7. The molecule has 1 amide bonds. The molecule has 1 aromatic heterocycles. The van der Waals surface area contributed by atoms with Gasteiger partial charge in [0.1, 0.15) is 6.54 Å². The van der Waals surface area contributed by atoms with Crippen molar-refractivity contribution in [3.63, 3.8) is 0 Å². The van der Waals surface area contributed by atoms with Crippen LogP contribution in [0.2, 0.25) is 0 Å². The van der Waals surface area contributed by atoms with Crippen LogP contribution < -0.4 is 10.5 Å². The lowest BCUT2D eigenvalue weighted by molar-refractivity contribution is -0.135. The summed E-state index contributed by atoms with van der Waals surface area (Å²) in [6.07, 6.45) is 3.31. The standard InChI is InChI=1S/C24H32N4O3/c1-23(2)12-17-13-24(3,15-23)16-28(17)21-22(30)27(19-7-5-4-6-18(19)25-21)14-20(29)26-8-10-31-11-9-26/h4-7,17H,8-16H2,1-3H3/t17-,24+/m0/s1. The van der Waals surface area contributed by atoms with E-state index in [1.807, 2.05) is 24.3 Å². The normalized spacial score (nSPS) is 27.6. The molecule has 7 heteroatoms. The minimum absolute atomic E-state index is 0.0378. The first kappa shape index (κ1) is 20.5. The summed E-state index contributed by atoms with van der Waals surface area (Å²) in [5.74, 6) is 0.459. The third-order valence-corrected chi connectivity index (χ3v) is 7.18. The highest BCUT2D eigenvalue weighted by Gasteiger charge is 2.50. The Bertz CT molecular complexity index is 1070. The van der Waals surface area contributed by atoms with Crippen molar-refractivity contribution in [2.45, 2.75) is 52.6 Å². The maximum atomic E-state index is 13.7. The van der Waals surface area contributed by atoms with E-state index in [9.17, 15) is 9.59 Å². The Hall–Kier alpha value is -2.41. The number of rotatable bonds is 3. The Balaban J connectivity index is 1.55. The molecule has 1 aliphatic carbocycles. The maximum Gasteiger partial charge on any atom is 0.294 e. The monoisotopic (exact) mass is 424 g/mol. The molecule has 0 N–H and O–H groups in total. The number of benzene rings is 1. The summed E-state index contributed by atoms with van der Waals surface area (Å²) in [5.41, 5.74) is 1.77. The van der Waals surface area contributed by atoms with Crippen LogP contribution in [0.25, 0.3) is 11.0 Å². The van der Waals surface area contributed by atoms with Crippen LogP contribution >= 0.6 is 0 Å². The number of aromatic nitrogens is 2. The maximum absolute atomic E-state index is 13.7. The van der Waals surface area contributed by atoms with Gasteiger partial charge in [-0.1, -0.05) is 32.9 Å². The van der Waals surface area contributed by atoms with Gasteiger partial charge in [-0.05, 0) is 42.2 Å². The average molecular weight is 425 g/mol. The van der Waals surface area contributed by atoms with Gasteiger partial charge in [0.05, 0.1) is 24.2 Å². The van der Waals surface area contributed by atoms with E-state index >= 15 is 0 Å². The largest absolute Gasteiger partial charge is 0.378 e. The van der Waals surface area contributed by atoms with E-state index in [0.717, 1.165) is 31.3 Å². The summed E-state index contributed by atoms with van der Waals surface area (Å²) in [4.78, 5) is 35.5. The molecule has 0 spiro atoms. The van der Waals surface area contributed by atoms with Crippen molar-refractivity contribution in [3.8, 4) is 0 Å². The number of para-hydroxylation sites is 2. The van der Waals surface area contributed by atoms with Crippen molar-refractivity contribution in [3.05, 3.63) is 34.6 Å². The number of carbonyl (C=O) groups excluding carboxylic acids is 1. The number of ether oxygens (including phenoxy) is 1. The van der Waals surface area contributed by atoms with E-state index < -0.39 is 0 Å². The van der Waals surface area contributed by atoms with Crippen molar-refractivity contribution in [2.75, 3.05) is 37.7 Å². The van der Waals surface area contributed by atoms with Crippen LogP contribution in [-0.2, 0) is 16.1 Å². The fourth-order valence-corrected chi connectivity index (χ4v) is 6.28. The lowest BCUT2D eigenvalue weighted by Crippen LogP contribution is -2.44. The van der Waals surface area contributed by atoms with Crippen molar-refractivity contribution in [1.29, 1.82) is 0 Å². The van der Waals surface area contributed by atoms with Gasteiger partial charge < -0.3 is 14.5 Å². The van der Waals surface area contributed by atoms with Crippen LogP contribution in [0, 0.1) is 10.8 Å². The van der Waals surface area contributed by atoms with E-state index in [1.54, 1.807) is 9.47 Å². The van der Waals surface area contributed by atoms with Gasteiger partial charge in [0, 0.05) is 25.7 Å². The van der Waals surface area contributed by atoms with Crippen LogP contribution in [0.4, 0.5) is 5.82 Å². The molecule has 2 aliphatic heterocycles. The molecule has 0 radical (unpaired) electrons. The molecule has 0 unspecified atom stereocenters. The highest BCUT2D eigenvalue weighted by atomic mass is 16.5. The van der Waals surface area contributed by atoms with Crippen LogP contribution in [0.3, 0.4) is 0 Å². The molecule has 2 atom stereocenters. The second kappa shape index (κ2) is 7.33. The Kier molecular flexibility index (Phi) is 4.84. The van der Waals surface area contributed by atoms with Crippen molar-refractivity contribution in [1.82, 2.24) is 14.5 Å². The number of amides is 1. The molecule has 1 aromatic carbocycles. The number of nitrogens with zero attached hydrogens (tertiary/aromatic N) is 4. The molecule has 31 heavy (non-hydrogen) atoms. The molecule has 2 saturated heterocycles. The van der Waals surface area contributed by atoms with Crippen molar-refractivity contribution >= 4 is 22.8 Å². The third kappa shape index (κ3) is 3.73. The molecule has 3 fully saturated rings. The Labute approximate surface area is 183 Å². The fraction of sp³-hybridized carbons (Fsp3) is 0.625. The average Bonchev–Trinajstić information content (AvgIpc) is 2.98. The summed E-state index contributed by atoms with van der Waals surface area (Å²) in [5, 5.41) is 0. The van der Waals surface area contributed by atoms with Gasteiger partial charge in [0.25, 0.3) is 5.56 Å². The molecular formula is C24H32N4O3. The first-order valence-corrected chi connectivity index (χ1v) is 11.4. The van der Waals surface area contributed by atoms with Crippen LogP contribution in [-0.4, -0.2) is 59.2 Å². The van der Waals surface area contributed by atoms with E-state index in [1.165, 1.54) is 0 Å². The zero-order valence-electron chi connectivity index (χ0n) is 18.8. The number of morpholine rings is 1. The highest BCUT2D eigenvalue weighted by molar-refractivity contribution is 5.81. The van der Waals surface area contributed by atoms with Gasteiger partial charge in [0.15, 0.2) is 5.82 Å². The second-order valence-corrected chi connectivity index (χ2v) is 10.7. The Morgan fingerprint density at radius 2 is 1.90 bits per heavy atom. The van der Waals surface area contributed by atoms with E-state index in [0.29, 0.717) is 43.7 Å². The van der Waals surface area contributed by atoms with Gasteiger partial charge in [0.2, 0.25) is 5.91 Å². The number of hydrogen-bond donors (Lipinski definition) is 0. The van der Waals surface area contributed by atoms with E-state index in [4.69, 9.17) is 9.72 Å². The molecular weight excluding hydrogens is 392 g/mol. The summed E-state index contributed by atoms with van der Waals surface area (Å²) < 4.78 is 7.00. The molecule has 1 saturated carbocycles. The molecule has 3 aliphatic rings. The van der Waals surface area contributed by atoms with E-state index in [-0.39, 0.29) is 28.8 Å². The fourth-order valence-electron chi connectivity index (χ4n) is 6.28. The van der Waals surface area contributed by atoms with Gasteiger partial charge in [-0.25, -0.2) is 4.98 Å². The lowest BCUT2D eigenvalue weighted by Gasteiger charge is -2.39.